The maximum atomic E-state index is 12.8. The summed E-state index contributed by atoms with van der Waals surface area (Å²) in [5.41, 5.74) is 6.47. The van der Waals surface area contributed by atoms with Crippen molar-refractivity contribution >= 4 is 11.5 Å². The molecule has 1 aromatic rings. The average molecular weight is 167 g/mol. The lowest BCUT2D eigenvalue weighted by atomic mass is 10.2. The predicted octanol–water partition coefficient (Wildman–Crippen LogP) is 1.29. The van der Waals surface area contributed by atoms with Crippen LogP contribution in [0, 0.1) is 0 Å². The number of nitrogens with two attached hydrogens (primary N) is 1. The van der Waals surface area contributed by atoms with Gasteiger partial charge in [0.25, 0.3) is 0 Å². The molecule has 1 aromatic heterocycles. The molecule has 0 aromatic carbocycles. The largest absolute Gasteiger partial charge is 0.399 e. The highest BCUT2D eigenvalue weighted by atomic mass is 19.1. The maximum Gasteiger partial charge on any atom is 0.142 e. The maximum absolute atomic E-state index is 12.8. The van der Waals surface area contributed by atoms with E-state index in [0.717, 1.165) is 0 Å². The Hall–Kier alpha value is -1.58. The van der Waals surface area contributed by atoms with Gasteiger partial charge >= 0.3 is 0 Å². The van der Waals surface area contributed by atoms with E-state index in [2.05, 4.69) is 18.3 Å². The lowest BCUT2D eigenvalue weighted by Gasteiger charge is -2.01. The molecule has 1 heterocycles. The summed E-state index contributed by atoms with van der Waals surface area (Å²) < 4.78 is 14.2. The second kappa shape index (κ2) is 2.81. The number of aromatic nitrogens is 2. The molecule has 1 rings (SSSR count). The molecule has 0 amide bonds. The lowest BCUT2D eigenvalue weighted by molar-refractivity contribution is 0.697. The van der Waals surface area contributed by atoms with Gasteiger partial charge in [-0.05, 0) is 0 Å². The SMILES string of the molecule is C=C(N)c1cnn(C)c1C(=C)F. The minimum atomic E-state index is -0.559. The summed E-state index contributed by atoms with van der Waals surface area (Å²) in [6.45, 7) is 6.68. The van der Waals surface area contributed by atoms with Crippen molar-refractivity contribution in [3.63, 3.8) is 0 Å². The summed E-state index contributed by atoms with van der Waals surface area (Å²) in [5.74, 6) is -0.559. The summed E-state index contributed by atoms with van der Waals surface area (Å²) >= 11 is 0. The first-order chi connectivity index (χ1) is 5.54. The Morgan fingerprint density at radius 1 is 1.67 bits per heavy atom. The molecule has 0 aliphatic heterocycles. The fourth-order valence-electron chi connectivity index (χ4n) is 0.994. The quantitative estimate of drug-likeness (QED) is 0.721. The molecule has 0 aliphatic carbocycles. The molecule has 4 heteroatoms. The minimum absolute atomic E-state index is 0.280. The van der Waals surface area contributed by atoms with Crippen LogP contribution in [-0.2, 0) is 7.05 Å². The first kappa shape index (κ1) is 8.52. The Balaban J connectivity index is 3.31. The van der Waals surface area contributed by atoms with Crippen LogP contribution in [0.1, 0.15) is 11.3 Å². The standard InChI is InChI=1S/C8H10FN3/c1-5(9)8-7(6(2)10)4-11-12(8)3/h4H,1-2,10H2,3H3. The Bertz CT molecular complexity index is 338. The molecular weight excluding hydrogens is 157 g/mol. The molecule has 0 bridgehead atoms. The Morgan fingerprint density at radius 2 is 2.25 bits per heavy atom. The van der Waals surface area contributed by atoms with Gasteiger partial charge in [-0.2, -0.15) is 5.10 Å². The van der Waals surface area contributed by atoms with Crippen molar-refractivity contribution in [2.24, 2.45) is 12.8 Å². The van der Waals surface area contributed by atoms with Crippen molar-refractivity contribution in [1.29, 1.82) is 0 Å². The van der Waals surface area contributed by atoms with Gasteiger partial charge in [-0.15, -0.1) is 0 Å². The van der Waals surface area contributed by atoms with Gasteiger partial charge in [0.05, 0.1) is 6.20 Å². The van der Waals surface area contributed by atoms with Gasteiger partial charge in [-0.3, -0.25) is 4.68 Å². The zero-order valence-corrected chi connectivity index (χ0v) is 6.84. The third-order valence-electron chi connectivity index (χ3n) is 1.54. The normalized spacial score (nSPS) is 9.83. The van der Waals surface area contributed by atoms with E-state index in [-0.39, 0.29) is 11.4 Å². The van der Waals surface area contributed by atoms with Crippen molar-refractivity contribution in [3.8, 4) is 0 Å². The highest BCUT2D eigenvalue weighted by Crippen LogP contribution is 2.20. The third-order valence-corrected chi connectivity index (χ3v) is 1.54. The number of rotatable bonds is 2. The number of halogens is 1. The van der Waals surface area contributed by atoms with Gasteiger partial charge in [0.2, 0.25) is 0 Å². The minimum Gasteiger partial charge on any atom is -0.399 e. The third kappa shape index (κ3) is 1.23. The molecule has 64 valence electrons. The first-order valence-electron chi connectivity index (χ1n) is 3.35. The van der Waals surface area contributed by atoms with Crippen molar-refractivity contribution in [2.75, 3.05) is 0 Å². The number of aryl methyl sites for hydroxylation is 1. The molecule has 2 N–H and O–H groups in total. The molecule has 0 spiro atoms. The van der Waals surface area contributed by atoms with Crippen LogP contribution in [-0.4, -0.2) is 9.78 Å². The molecule has 3 nitrogen and oxygen atoms in total. The Morgan fingerprint density at radius 3 is 2.58 bits per heavy atom. The monoisotopic (exact) mass is 167 g/mol. The number of hydrogen-bond donors (Lipinski definition) is 1. The lowest BCUT2D eigenvalue weighted by Crippen LogP contribution is -2.00. The average Bonchev–Trinajstić information content (AvgIpc) is 2.30. The van der Waals surface area contributed by atoms with Crippen molar-refractivity contribution in [2.45, 2.75) is 0 Å². The van der Waals surface area contributed by atoms with Crippen molar-refractivity contribution in [3.05, 3.63) is 30.6 Å². The van der Waals surface area contributed by atoms with E-state index in [1.54, 1.807) is 7.05 Å². The molecule has 12 heavy (non-hydrogen) atoms. The van der Waals surface area contributed by atoms with Crippen LogP contribution in [0.25, 0.3) is 11.5 Å². The van der Waals surface area contributed by atoms with E-state index in [1.807, 2.05) is 0 Å². The summed E-state index contributed by atoms with van der Waals surface area (Å²) in [6.07, 6.45) is 1.46. The van der Waals surface area contributed by atoms with Gasteiger partial charge in [-0.1, -0.05) is 13.2 Å². The van der Waals surface area contributed by atoms with E-state index in [1.165, 1.54) is 10.9 Å². The molecule has 0 saturated heterocycles. The second-order valence-electron chi connectivity index (χ2n) is 2.46. The Labute approximate surface area is 70.0 Å². The van der Waals surface area contributed by atoms with E-state index in [0.29, 0.717) is 5.56 Å². The molecule has 0 radical (unpaired) electrons. The second-order valence-corrected chi connectivity index (χ2v) is 2.46. The van der Waals surface area contributed by atoms with Crippen LogP contribution in [0.4, 0.5) is 4.39 Å². The van der Waals surface area contributed by atoms with Crippen molar-refractivity contribution < 1.29 is 4.39 Å². The fourth-order valence-corrected chi connectivity index (χ4v) is 0.994. The van der Waals surface area contributed by atoms with Crippen LogP contribution < -0.4 is 5.73 Å². The van der Waals surface area contributed by atoms with Crippen molar-refractivity contribution in [1.82, 2.24) is 9.78 Å². The van der Waals surface area contributed by atoms with Crippen LogP contribution in [0.2, 0.25) is 0 Å². The summed E-state index contributed by atoms with van der Waals surface area (Å²) in [6, 6.07) is 0. The van der Waals surface area contributed by atoms with E-state index in [4.69, 9.17) is 5.73 Å². The molecule has 0 atom stereocenters. The molecule has 0 fully saturated rings. The van der Waals surface area contributed by atoms with Gasteiger partial charge in [-0.25, -0.2) is 4.39 Å². The summed E-state index contributed by atoms with van der Waals surface area (Å²) in [4.78, 5) is 0. The van der Waals surface area contributed by atoms with Gasteiger partial charge in [0, 0.05) is 18.3 Å². The highest BCUT2D eigenvalue weighted by molar-refractivity contribution is 5.71. The highest BCUT2D eigenvalue weighted by Gasteiger charge is 2.11. The fraction of sp³-hybridized carbons (Fsp3) is 0.125. The predicted molar refractivity (Wildman–Crippen MR) is 46.6 cm³/mol. The summed E-state index contributed by atoms with van der Waals surface area (Å²) in [5, 5.41) is 3.83. The van der Waals surface area contributed by atoms with Crippen LogP contribution in [0.3, 0.4) is 0 Å². The van der Waals surface area contributed by atoms with Gasteiger partial charge in [0.15, 0.2) is 0 Å². The van der Waals surface area contributed by atoms with Gasteiger partial charge < -0.3 is 5.73 Å². The van der Waals surface area contributed by atoms with E-state index < -0.39 is 5.83 Å². The first-order valence-corrected chi connectivity index (χ1v) is 3.35. The molecule has 0 saturated carbocycles. The van der Waals surface area contributed by atoms with Crippen LogP contribution in [0.5, 0.6) is 0 Å². The topological polar surface area (TPSA) is 43.8 Å². The zero-order chi connectivity index (χ0) is 9.30. The van der Waals surface area contributed by atoms with Crippen LogP contribution in [0.15, 0.2) is 19.4 Å². The number of nitrogens with zero attached hydrogens (tertiary/aromatic N) is 2. The smallest absolute Gasteiger partial charge is 0.142 e. The molecular formula is C8H10FN3. The Kier molecular flexibility index (Phi) is 1.99. The zero-order valence-electron chi connectivity index (χ0n) is 6.84. The van der Waals surface area contributed by atoms with E-state index >= 15 is 0 Å². The van der Waals surface area contributed by atoms with E-state index in [9.17, 15) is 4.39 Å². The summed E-state index contributed by atoms with van der Waals surface area (Å²) in [7, 11) is 1.62. The molecule has 0 aliphatic rings. The van der Waals surface area contributed by atoms with Gasteiger partial charge in [0.1, 0.15) is 11.5 Å². The number of hydrogen-bond acceptors (Lipinski definition) is 2. The molecule has 0 unspecified atom stereocenters. The van der Waals surface area contributed by atoms with Crippen LogP contribution >= 0.6 is 0 Å².